The van der Waals surface area contributed by atoms with Gasteiger partial charge in [0.05, 0.1) is 12.8 Å². The van der Waals surface area contributed by atoms with Crippen LogP contribution in [0.3, 0.4) is 0 Å². The van der Waals surface area contributed by atoms with E-state index >= 15 is 0 Å². The van der Waals surface area contributed by atoms with Gasteiger partial charge < -0.3 is 24.9 Å². The highest BCUT2D eigenvalue weighted by Crippen LogP contribution is 2.23. The van der Waals surface area contributed by atoms with Crippen molar-refractivity contribution in [2.24, 2.45) is 0 Å². The number of hydrogen-bond acceptors (Lipinski definition) is 4. The molecule has 0 aliphatic carbocycles. The molecule has 0 aliphatic rings. The summed E-state index contributed by atoms with van der Waals surface area (Å²) in [7, 11) is 0. The molecule has 3 aromatic rings. The maximum Gasteiger partial charge on any atom is 0.319 e. The first kappa shape index (κ1) is 17.6. The molecule has 134 valence electrons. The van der Waals surface area contributed by atoms with E-state index in [1.807, 2.05) is 31.2 Å². The second-order valence-electron chi connectivity index (χ2n) is 5.81. The van der Waals surface area contributed by atoms with Crippen LogP contribution in [0.15, 0.2) is 71.3 Å². The first-order chi connectivity index (χ1) is 12.6. The van der Waals surface area contributed by atoms with Gasteiger partial charge in [-0.2, -0.15) is 0 Å². The van der Waals surface area contributed by atoms with Crippen molar-refractivity contribution in [2.45, 2.75) is 13.0 Å². The SMILES string of the molecule is Cc1ccc(Oc2ccc(NC(=O)NCC(O)c3ccco3)cc2)cc1. The summed E-state index contributed by atoms with van der Waals surface area (Å²) in [4.78, 5) is 11.9. The summed E-state index contributed by atoms with van der Waals surface area (Å²) in [5, 5.41) is 15.1. The number of furan rings is 1. The van der Waals surface area contributed by atoms with Crippen molar-refractivity contribution in [3.8, 4) is 11.5 Å². The molecule has 1 heterocycles. The summed E-state index contributed by atoms with van der Waals surface area (Å²) in [5.41, 5.74) is 1.78. The van der Waals surface area contributed by atoms with Crippen LogP contribution in [0.1, 0.15) is 17.4 Å². The van der Waals surface area contributed by atoms with E-state index in [1.165, 1.54) is 11.8 Å². The fourth-order valence-electron chi connectivity index (χ4n) is 2.29. The molecule has 0 saturated heterocycles. The van der Waals surface area contributed by atoms with Crippen molar-refractivity contribution in [1.29, 1.82) is 0 Å². The fourth-order valence-corrected chi connectivity index (χ4v) is 2.29. The van der Waals surface area contributed by atoms with E-state index in [-0.39, 0.29) is 6.54 Å². The van der Waals surface area contributed by atoms with Crippen molar-refractivity contribution in [2.75, 3.05) is 11.9 Å². The number of carbonyl (C=O) groups is 1. The first-order valence-corrected chi connectivity index (χ1v) is 8.21. The number of carbonyl (C=O) groups excluding carboxylic acids is 1. The molecule has 0 bridgehead atoms. The third-order valence-electron chi connectivity index (χ3n) is 3.70. The highest BCUT2D eigenvalue weighted by atomic mass is 16.5. The first-order valence-electron chi connectivity index (χ1n) is 8.21. The van der Waals surface area contributed by atoms with Gasteiger partial charge in [0.25, 0.3) is 0 Å². The quantitative estimate of drug-likeness (QED) is 0.620. The summed E-state index contributed by atoms with van der Waals surface area (Å²) >= 11 is 0. The third-order valence-corrected chi connectivity index (χ3v) is 3.70. The lowest BCUT2D eigenvalue weighted by molar-refractivity contribution is 0.149. The lowest BCUT2D eigenvalue weighted by Gasteiger charge is -2.11. The standard InChI is InChI=1S/C20H20N2O4/c1-14-4-8-16(9-5-14)26-17-10-6-15(7-11-17)22-20(24)21-13-18(23)19-3-2-12-25-19/h2-12,18,23H,13H2,1H3,(H2,21,22,24). The van der Waals surface area contributed by atoms with Gasteiger partial charge in [-0.3, -0.25) is 0 Å². The van der Waals surface area contributed by atoms with E-state index in [2.05, 4.69) is 10.6 Å². The van der Waals surface area contributed by atoms with Gasteiger partial charge in [-0.15, -0.1) is 0 Å². The van der Waals surface area contributed by atoms with E-state index in [1.54, 1.807) is 36.4 Å². The summed E-state index contributed by atoms with van der Waals surface area (Å²) < 4.78 is 10.8. The monoisotopic (exact) mass is 352 g/mol. The van der Waals surface area contributed by atoms with Crippen molar-refractivity contribution >= 4 is 11.7 Å². The second kappa shape index (κ2) is 8.22. The van der Waals surface area contributed by atoms with Gasteiger partial charge >= 0.3 is 6.03 Å². The topological polar surface area (TPSA) is 83.7 Å². The van der Waals surface area contributed by atoms with Crippen LogP contribution < -0.4 is 15.4 Å². The van der Waals surface area contributed by atoms with Crippen LogP contribution in [0.5, 0.6) is 11.5 Å². The molecule has 1 atom stereocenters. The predicted molar refractivity (Wildman–Crippen MR) is 98.4 cm³/mol. The molecule has 1 unspecified atom stereocenters. The maximum atomic E-state index is 11.9. The van der Waals surface area contributed by atoms with Crippen LogP contribution in [-0.4, -0.2) is 17.7 Å². The molecule has 26 heavy (non-hydrogen) atoms. The average Bonchev–Trinajstić information content (AvgIpc) is 3.18. The molecule has 6 heteroatoms. The van der Waals surface area contributed by atoms with Gasteiger partial charge in [0.15, 0.2) is 0 Å². The molecule has 1 aromatic heterocycles. The minimum absolute atomic E-state index is 0.0496. The summed E-state index contributed by atoms with van der Waals surface area (Å²) in [5.74, 6) is 1.83. The molecule has 0 fully saturated rings. The average molecular weight is 352 g/mol. The fraction of sp³-hybridized carbons (Fsp3) is 0.150. The van der Waals surface area contributed by atoms with Crippen LogP contribution >= 0.6 is 0 Å². The van der Waals surface area contributed by atoms with E-state index in [4.69, 9.17) is 9.15 Å². The number of urea groups is 1. The summed E-state index contributed by atoms with van der Waals surface area (Å²) in [6, 6.07) is 17.7. The Balaban J connectivity index is 1.49. The van der Waals surface area contributed by atoms with Crippen molar-refractivity contribution in [3.05, 3.63) is 78.3 Å². The smallest absolute Gasteiger partial charge is 0.319 e. The Morgan fingerprint density at radius 2 is 1.73 bits per heavy atom. The zero-order chi connectivity index (χ0) is 18.4. The highest BCUT2D eigenvalue weighted by molar-refractivity contribution is 5.89. The molecule has 0 radical (unpaired) electrons. The Morgan fingerprint density at radius 1 is 1.08 bits per heavy atom. The molecule has 3 rings (SSSR count). The normalized spacial score (nSPS) is 11.6. The number of ether oxygens (including phenoxy) is 1. The number of rotatable bonds is 6. The van der Waals surface area contributed by atoms with Crippen LogP contribution in [0, 0.1) is 6.92 Å². The van der Waals surface area contributed by atoms with Gasteiger partial charge in [0.1, 0.15) is 23.4 Å². The number of anilines is 1. The largest absolute Gasteiger partial charge is 0.467 e. The van der Waals surface area contributed by atoms with Gasteiger partial charge in [0.2, 0.25) is 0 Å². The number of benzene rings is 2. The van der Waals surface area contributed by atoms with Crippen molar-refractivity contribution in [1.82, 2.24) is 5.32 Å². The molecule has 0 aliphatic heterocycles. The Labute approximate surface area is 151 Å². The molecule has 0 saturated carbocycles. The maximum absolute atomic E-state index is 11.9. The lowest BCUT2D eigenvalue weighted by Crippen LogP contribution is -2.32. The minimum atomic E-state index is -0.888. The number of nitrogens with one attached hydrogen (secondary N) is 2. The molecule has 3 N–H and O–H groups in total. The summed E-state index contributed by atoms with van der Waals surface area (Å²) in [6.07, 6.45) is 0.583. The Morgan fingerprint density at radius 3 is 2.35 bits per heavy atom. The number of aryl methyl sites for hydroxylation is 1. The van der Waals surface area contributed by atoms with Crippen molar-refractivity contribution in [3.63, 3.8) is 0 Å². The number of aliphatic hydroxyl groups is 1. The van der Waals surface area contributed by atoms with Gasteiger partial charge in [-0.25, -0.2) is 4.79 Å². The molecule has 2 aromatic carbocycles. The van der Waals surface area contributed by atoms with Crippen LogP contribution in [0.2, 0.25) is 0 Å². The highest BCUT2D eigenvalue weighted by Gasteiger charge is 2.11. The molecule has 2 amide bonds. The van der Waals surface area contributed by atoms with E-state index in [0.29, 0.717) is 17.2 Å². The zero-order valence-electron chi connectivity index (χ0n) is 14.3. The number of amides is 2. The van der Waals surface area contributed by atoms with Gasteiger partial charge in [-0.1, -0.05) is 17.7 Å². The van der Waals surface area contributed by atoms with Crippen molar-refractivity contribution < 1.29 is 19.1 Å². The van der Waals surface area contributed by atoms with E-state index in [9.17, 15) is 9.90 Å². The van der Waals surface area contributed by atoms with Gasteiger partial charge in [-0.05, 0) is 55.5 Å². The summed E-state index contributed by atoms with van der Waals surface area (Å²) in [6.45, 7) is 2.07. The minimum Gasteiger partial charge on any atom is -0.467 e. The molecule has 0 spiro atoms. The Kier molecular flexibility index (Phi) is 5.56. The van der Waals surface area contributed by atoms with E-state index in [0.717, 1.165) is 5.75 Å². The number of hydrogen-bond donors (Lipinski definition) is 3. The van der Waals surface area contributed by atoms with Crippen LogP contribution in [0.4, 0.5) is 10.5 Å². The van der Waals surface area contributed by atoms with Crippen LogP contribution in [-0.2, 0) is 0 Å². The molecular formula is C20H20N2O4. The van der Waals surface area contributed by atoms with Crippen LogP contribution in [0.25, 0.3) is 0 Å². The zero-order valence-corrected chi connectivity index (χ0v) is 14.3. The predicted octanol–water partition coefficient (Wildman–Crippen LogP) is 4.24. The second-order valence-corrected chi connectivity index (χ2v) is 5.81. The van der Waals surface area contributed by atoms with Gasteiger partial charge in [0, 0.05) is 5.69 Å². The van der Waals surface area contributed by atoms with E-state index < -0.39 is 12.1 Å². The molecular weight excluding hydrogens is 332 g/mol. The lowest BCUT2D eigenvalue weighted by atomic mass is 10.2. The number of aliphatic hydroxyl groups excluding tert-OH is 1. The molecule has 6 nitrogen and oxygen atoms in total. The Bertz CT molecular complexity index is 827. The third kappa shape index (κ3) is 4.87. The Hall–Kier alpha value is -3.25.